The molecule has 1 saturated heterocycles. The standard InChI is InChI=1S/C16H21F3N2O3/c1-2-8-24-13-5-3-4-12(9-13)10-20-14(22)21-7-6-15(23,11-21)16(17,18)19/h3-5,9,23H,2,6-8,10-11H2,1H3,(H,20,22)/t15-/m0/s1. The Balaban J connectivity index is 1.88. The van der Waals surface area contributed by atoms with E-state index in [-0.39, 0.29) is 13.1 Å². The Hall–Kier alpha value is -1.96. The minimum absolute atomic E-state index is 0.137. The van der Waals surface area contributed by atoms with Gasteiger partial charge in [-0.3, -0.25) is 0 Å². The van der Waals surface area contributed by atoms with Crippen molar-refractivity contribution in [1.29, 1.82) is 0 Å². The molecule has 0 bridgehead atoms. The number of nitrogens with zero attached hydrogens (tertiary/aromatic N) is 1. The maximum absolute atomic E-state index is 12.8. The van der Waals surface area contributed by atoms with E-state index < -0.39 is 30.8 Å². The maximum atomic E-state index is 12.8. The quantitative estimate of drug-likeness (QED) is 0.862. The highest BCUT2D eigenvalue weighted by atomic mass is 19.4. The van der Waals surface area contributed by atoms with Gasteiger partial charge in [0.1, 0.15) is 5.75 Å². The van der Waals surface area contributed by atoms with Gasteiger partial charge >= 0.3 is 12.2 Å². The van der Waals surface area contributed by atoms with Crippen molar-refractivity contribution in [3.05, 3.63) is 29.8 Å². The zero-order valence-electron chi connectivity index (χ0n) is 13.4. The number of hydrogen-bond donors (Lipinski definition) is 2. The normalized spacial score (nSPS) is 21.0. The van der Waals surface area contributed by atoms with Crippen molar-refractivity contribution in [1.82, 2.24) is 10.2 Å². The van der Waals surface area contributed by atoms with Crippen molar-refractivity contribution in [2.24, 2.45) is 0 Å². The van der Waals surface area contributed by atoms with Crippen molar-refractivity contribution < 1.29 is 27.8 Å². The molecule has 1 aliphatic heterocycles. The molecule has 1 aliphatic rings. The van der Waals surface area contributed by atoms with Crippen LogP contribution in [0.4, 0.5) is 18.0 Å². The topological polar surface area (TPSA) is 61.8 Å². The van der Waals surface area contributed by atoms with Crippen LogP contribution in [0, 0.1) is 0 Å². The number of β-amino-alcohol motifs (C(OH)–C–C–N with tert-alkyl or cyclic N) is 1. The molecule has 1 atom stereocenters. The number of urea groups is 1. The fourth-order valence-electron chi connectivity index (χ4n) is 2.45. The van der Waals surface area contributed by atoms with Crippen LogP contribution < -0.4 is 10.1 Å². The zero-order valence-corrected chi connectivity index (χ0v) is 13.4. The summed E-state index contributed by atoms with van der Waals surface area (Å²) in [5.74, 6) is 0.677. The fourth-order valence-corrected chi connectivity index (χ4v) is 2.45. The molecule has 2 rings (SSSR count). The second-order valence-electron chi connectivity index (χ2n) is 5.86. The summed E-state index contributed by atoms with van der Waals surface area (Å²) < 4.78 is 43.8. The number of likely N-dealkylation sites (tertiary alicyclic amines) is 1. The molecule has 134 valence electrons. The summed E-state index contributed by atoms with van der Waals surface area (Å²) in [6, 6.07) is 6.51. The Morgan fingerprint density at radius 3 is 2.83 bits per heavy atom. The number of carbonyl (C=O) groups is 1. The third-order valence-electron chi connectivity index (χ3n) is 3.88. The van der Waals surface area contributed by atoms with Crippen molar-refractivity contribution in [2.75, 3.05) is 19.7 Å². The van der Waals surface area contributed by atoms with E-state index in [1.165, 1.54) is 0 Å². The number of ether oxygens (including phenoxy) is 1. The van der Waals surface area contributed by atoms with Crippen LogP contribution in [0.1, 0.15) is 25.3 Å². The van der Waals surface area contributed by atoms with E-state index in [0.29, 0.717) is 12.4 Å². The first-order valence-electron chi connectivity index (χ1n) is 7.79. The first-order chi connectivity index (χ1) is 11.2. The summed E-state index contributed by atoms with van der Waals surface area (Å²) >= 11 is 0. The second kappa shape index (κ2) is 7.29. The van der Waals surface area contributed by atoms with Gasteiger partial charge in [-0.2, -0.15) is 13.2 Å². The number of alkyl halides is 3. The summed E-state index contributed by atoms with van der Waals surface area (Å²) in [6.07, 6.45) is -4.38. The zero-order chi connectivity index (χ0) is 17.8. The van der Waals surface area contributed by atoms with Gasteiger partial charge in [0, 0.05) is 19.5 Å². The Morgan fingerprint density at radius 1 is 1.46 bits per heavy atom. The first-order valence-corrected chi connectivity index (χ1v) is 7.79. The Bertz CT molecular complexity index is 580. The SMILES string of the molecule is CCCOc1cccc(CNC(=O)N2CC[C@@](O)(C(F)(F)F)C2)c1. The fraction of sp³-hybridized carbons (Fsp3) is 0.562. The van der Waals surface area contributed by atoms with Crippen molar-refractivity contribution in [2.45, 2.75) is 38.1 Å². The lowest BCUT2D eigenvalue weighted by Crippen LogP contribution is -2.49. The van der Waals surface area contributed by atoms with Gasteiger partial charge in [-0.25, -0.2) is 4.79 Å². The van der Waals surface area contributed by atoms with Gasteiger partial charge in [0.05, 0.1) is 13.2 Å². The average Bonchev–Trinajstić information content (AvgIpc) is 2.95. The second-order valence-corrected chi connectivity index (χ2v) is 5.86. The van der Waals surface area contributed by atoms with Gasteiger partial charge < -0.3 is 20.1 Å². The molecule has 0 aliphatic carbocycles. The predicted molar refractivity (Wildman–Crippen MR) is 81.7 cm³/mol. The Kier molecular flexibility index (Phi) is 5.58. The van der Waals surface area contributed by atoms with Crippen molar-refractivity contribution in [3.8, 4) is 5.75 Å². The molecule has 24 heavy (non-hydrogen) atoms. The molecule has 0 saturated carbocycles. The van der Waals surface area contributed by atoms with E-state index in [9.17, 15) is 23.1 Å². The molecular formula is C16H21F3N2O3. The number of benzene rings is 1. The number of hydrogen-bond acceptors (Lipinski definition) is 3. The Labute approximate surface area is 138 Å². The lowest BCUT2D eigenvalue weighted by atomic mass is 10.0. The molecule has 1 heterocycles. The maximum Gasteiger partial charge on any atom is 0.419 e. The third-order valence-corrected chi connectivity index (χ3v) is 3.88. The first kappa shape index (κ1) is 18.4. The molecule has 0 aromatic heterocycles. The van der Waals surface area contributed by atoms with Gasteiger partial charge in [-0.15, -0.1) is 0 Å². The van der Waals surface area contributed by atoms with E-state index >= 15 is 0 Å². The van der Waals surface area contributed by atoms with Crippen molar-refractivity contribution in [3.63, 3.8) is 0 Å². The van der Waals surface area contributed by atoms with Gasteiger partial charge in [0.2, 0.25) is 0 Å². The highest BCUT2D eigenvalue weighted by molar-refractivity contribution is 5.74. The molecule has 0 spiro atoms. The molecule has 0 radical (unpaired) electrons. The number of carbonyl (C=O) groups excluding carboxylic acids is 1. The third kappa shape index (κ3) is 4.31. The minimum atomic E-state index is -4.74. The summed E-state index contributed by atoms with van der Waals surface area (Å²) in [4.78, 5) is 13.0. The van der Waals surface area contributed by atoms with Crippen LogP contribution in [-0.4, -0.2) is 47.5 Å². The Morgan fingerprint density at radius 2 is 2.21 bits per heavy atom. The molecule has 5 nitrogen and oxygen atoms in total. The molecule has 8 heteroatoms. The van der Waals surface area contributed by atoms with E-state index in [2.05, 4.69) is 5.32 Å². The van der Waals surface area contributed by atoms with Gasteiger partial charge in [-0.05, 0) is 24.1 Å². The number of amides is 2. The molecule has 1 aromatic carbocycles. The summed E-state index contributed by atoms with van der Waals surface area (Å²) in [7, 11) is 0. The lowest BCUT2D eigenvalue weighted by molar-refractivity contribution is -0.253. The molecule has 2 amide bonds. The van der Waals surface area contributed by atoms with Gasteiger partial charge in [0.15, 0.2) is 5.60 Å². The summed E-state index contributed by atoms with van der Waals surface area (Å²) in [5.41, 5.74) is -2.04. The lowest BCUT2D eigenvalue weighted by Gasteiger charge is -2.26. The summed E-state index contributed by atoms with van der Waals surface area (Å²) in [6.45, 7) is 1.86. The summed E-state index contributed by atoms with van der Waals surface area (Å²) in [5, 5.41) is 12.2. The van der Waals surface area contributed by atoms with Gasteiger partial charge in [-0.1, -0.05) is 19.1 Å². The van der Waals surface area contributed by atoms with E-state index in [4.69, 9.17) is 4.74 Å². The molecular weight excluding hydrogens is 325 g/mol. The van der Waals surface area contributed by atoms with Crippen LogP contribution in [0.2, 0.25) is 0 Å². The molecule has 0 unspecified atom stereocenters. The van der Waals surface area contributed by atoms with Crippen LogP contribution in [0.25, 0.3) is 0 Å². The molecule has 1 fully saturated rings. The van der Waals surface area contributed by atoms with Crippen LogP contribution >= 0.6 is 0 Å². The van der Waals surface area contributed by atoms with Crippen molar-refractivity contribution >= 4 is 6.03 Å². The number of rotatable bonds is 5. The largest absolute Gasteiger partial charge is 0.494 e. The monoisotopic (exact) mass is 346 g/mol. The highest BCUT2D eigenvalue weighted by Crippen LogP contribution is 2.37. The van der Waals surface area contributed by atoms with Gasteiger partial charge in [0.25, 0.3) is 0 Å². The van der Waals surface area contributed by atoms with E-state index in [0.717, 1.165) is 16.9 Å². The van der Waals surface area contributed by atoms with Crippen LogP contribution in [0.5, 0.6) is 5.75 Å². The van der Waals surface area contributed by atoms with Crippen LogP contribution in [-0.2, 0) is 6.54 Å². The average molecular weight is 346 g/mol. The molecule has 2 N–H and O–H groups in total. The van der Waals surface area contributed by atoms with Crippen LogP contribution in [0.15, 0.2) is 24.3 Å². The number of aliphatic hydroxyl groups is 1. The number of nitrogens with one attached hydrogen (secondary N) is 1. The van der Waals surface area contributed by atoms with E-state index in [1.54, 1.807) is 24.3 Å². The predicted octanol–water partition coefficient (Wildman–Crippen LogP) is 2.68. The smallest absolute Gasteiger partial charge is 0.419 e. The number of halogens is 3. The highest BCUT2D eigenvalue weighted by Gasteiger charge is 2.57. The van der Waals surface area contributed by atoms with Crippen LogP contribution in [0.3, 0.4) is 0 Å². The minimum Gasteiger partial charge on any atom is -0.494 e. The molecule has 1 aromatic rings. The van der Waals surface area contributed by atoms with E-state index in [1.807, 2.05) is 6.92 Å².